The fraction of sp³-hybridized carbons (Fsp3) is 0.154. The molecule has 2 rings (SSSR count). The first-order chi connectivity index (χ1) is 8.29. The van der Waals surface area contributed by atoms with Crippen LogP contribution in [0.2, 0.25) is 0 Å². The molecule has 0 atom stereocenters. The lowest BCUT2D eigenvalue weighted by molar-refractivity contribution is 0.615. The number of hydrogen-bond donors (Lipinski definition) is 1. The van der Waals surface area contributed by atoms with Gasteiger partial charge in [-0.2, -0.15) is 0 Å². The van der Waals surface area contributed by atoms with Gasteiger partial charge in [-0.25, -0.2) is 4.39 Å². The summed E-state index contributed by atoms with van der Waals surface area (Å²) in [6.07, 6.45) is 3.46. The van der Waals surface area contributed by atoms with Gasteiger partial charge in [-0.05, 0) is 29.3 Å². The van der Waals surface area contributed by atoms with Crippen LogP contribution < -0.4 is 5.73 Å². The zero-order valence-electron chi connectivity index (χ0n) is 9.27. The number of thioether (sulfide) groups is 1. The SMILES string of the molecule is NCc1ccc(CSc2ccncc2)c(F)c1. The number of aromatic nitrogens is 1. The second-order valence-corrected chi connectivity index (χ2v) is 4.65. The summed E-state index contributed by atoms with van der Waals surface area (Å²) >= 11 is 1.59. The Bertz CT molecular complexity index is 488. The number of rotatable bonds is 4. The molecule has 17 heavy (non-hydrogen) atoms. The van der Waals surface area contributed by atoms with E-state index < -0.39 is 0 Å². The highest BCUT2D eigenvalue weighted by Gasteiger charge is 2.03. The topological polar surface area (TPSA) is 38.9 Å². The molecule has 0 aliphatic heterocycles. The molecule has 2 nitrogen and oxygen atoms in total. The van der Waals surface area contributed by atoms with Crippen molar-refractivity contribution in [1.29, 1.82) is 0 Å². The summed E-state index contributed by atoms with van der Waals surface area (Å²) in [6, 6.07) is 8.99. The number of nitrogens with two attached hydrogens (primary N) is 1. The Labute approximate surface area is 104 Å². The lowest BCUT2D eigenvalue weighted by Gasteiger charge is -2.05. The molecule has 1 heterocycles. The number of halogens is 1. The van der Waals surface area contributed by atoms with Crippen LogP contribution in [0.15, 0.2) is 47.6 Å². The van der Waals surface area contributed by atoms with Crippen LogP contribution in [0.1, 0.15) is 11.1 Å². The highest BCUT2D eigenvalue weighted by atomic mass is 32.2. The molecule has 0 aliphatic carbocycles. The lowest BCUT2D eigenvalue weighted by Crippen LogP contribution is -1.98. The standard InChI is InChI=1S/C13H13FN2S/c14-13-7-10(8-15)1-2-11(13)9-17-12-3-5-16-6-4-12/h1-7H,8-9,15H2. The molecule has 1 aromatic carbocycles. The Morgan fingerprint density at radius 1 is 1.18 bits per heavy atom. The van der Waals surface area contributed by atoms with Crippen LogP contribution in [0.3, 0.4) is 0 Å². The second-order valence-electron chi connectivity index (χ2n) is 3.60. The maximum atomic E-state index is 13.7. The van der Waals surface area contributed by atoms with Crippen molar-refractivity contribution in [3.8, 4) is 0 Å². The first kappa shape index (κ1) is 12.1. The molecule has 88 valence electrons. The smallest absolute Gasteiger partial charge is 0.127 e. The first-order valence-electron chi connectivity index (χ1n) is 5.30. The summed E-state index contributed by atoms with van der Waals surface area (Å²) < 4.78 is 13.7. The molecule has 0 aliphatic rings. The van der Waals surface area contributed by atoms with Crippen LogP contribution in [0.25, 0.3) is 0 Å². The van der Waals surface area contributed by atoms with Gasteiger partial charge in [-0.1, -0.05) is 12.1 Å². The summed E-state index contributed by atoms with van der Waals surface area (Å²) in [4.78, 5) is 5.02. The van der Waals surface area contributed by atoms with Gasteiger partial charge < -0.3 is 5.73 Å². The van der Waals surface area contributed by atoms with E-state index in [4.69, 9.17) is 5.73 Å². The highest BCUT2D eigenvalue weighted by molar-refractivity contribution is 7.98. The van der Waals surface area contributed by atoms with Gasteiger partial charge in [-0.15, -0.1) is 11.8 Å². The van der Waals surface area contributed by atoms with Gasteiger partial charge in [0.25, 0.3) is 0 Å². The molecule has 4 heteroatoms. The summed E-state index contributed by atoms with van der Waals surface area (Å²) in [7, 11) is 0. The number of nitrogens with zero attached hydrogens (tertiary/aromatic N) is 1. The van der Waals surface area contributed by atoms with E-state index in [2.05, 4.69) is 4.98 Å². The van der Waals surface area contributed by atoms with Crippen molar-refractivity contribution in [2.24, 2.45) is 5.73 Å². The molecular formula is C13H13FN2S. The molecule has 2 N–H and O–H groups in total. The summed E-state index contributed by atoms with van der Waals surface area (Å²) in [6.45, 7) is 0.370. The van der Waals surface area contributed by atoms with Gasteiger partial charge in [0.1, 0.15) is 5.82 Å². The minimum atomic E-state index is -0.186. The van der Waals surface area contributed by atoms with Gasteiger partial charge in [0.2, 0.25) is 0 Å². The Morgan fingerprint density at radius 3 is 2.59 bits per heavy atom. The summed E-state index contributed by atoms with van der Waals surface area (Å²) in [5.74, 6) is 0.426. The summed E-state index contributed by atoms with van der Waals surface area (Å²) in [5, 5.41) is 0. The highest BCUT2D eigenvalue weighted by Crippen LogP contribution is 2.23. The van der Waals surface area contributed by atoms with Crippen molar-refractivity contribution >= 4 is 11.8 Å². The molecule has 2 aromatic rings. The molecule has 0 amide bonds. The Morgan fingerprint density at radius 2 is 1.94 bits per heavy atom. The first-order valence-corrected chi connectivity index (χ1v) is 6.28. The number of pyridine rings is 1. The number of benzene rings is 1. The fourth-order valence-corrected chi connectivity index (χ4v) is 2.30. The van der Waals surface area contributed by atoms with Crippen molar-refractivity contribution in [2.75, 3.05) is 0 Å². The predicted octanol–water partition coefficient (Wildman–Crippen LogP) is 2.97. The van der Waals surface area contributed by atoms with Crippen LogP contribution in [0, 0.1) is 5.82 Å². The lowest BCUT2D eigenvalue weighted by atomic mass is 10.1. The Kier molecular flexibility index (Phi) is 4.12. The molecular weight excluding hydrogens is 235 g/mol. The average molecular weight is 248 g/mol. The van der Waals surface area contributed by atoms with Crippen LogP contribution in [-0.4, -0.2) is 4.98 Å². The molecule has 1 aromatic heterocycles. The van der Waals surface area contributed by atoms with E-state index in [1.54, 1.807) is 30.2 Å². The quantitative estimate of drug-likeness (QED) is 0.845. The maximum absolute atomic E-state index is 13.7. The van der Waals surface area contributed by atoms with Gasteiger partial charge in [0.05, 0.1) is 0 Å². The van der Waals surface area contributed by atoms with Gasteiger partial charge in [0, 0.05) is 29.6 Å². The van der Waals surface area contributed by atoms with E-state index in [-0.39, 0.29) is 5.82 Å². The Hall–Kier alpha value is -1.39. The molecule has 0 saturated heterocycles. The Balaban J connectivity index is 2.04. The second kappa shape index (κ2) is 5.80. The normalized spacial score (nSPS) is 10.5. The van der Waals surface area contributed by atoms with Crippen molar-refractivity contribution in [1.82, 2.24) is 4.98 Å². The predicted molar refractivity (Wildman–Crippen MR) is 68.1 cm³/mol. The van der Waals surface area contributed by atoms with Gasteiger partial charge >= 0.3 is 0 Å². The minimum absolute atomic E-state index is 0.186. The van der Waals surface area contributed by atoms with Crippen molar-refractivity contribution in [3.05, 3.63) is 59.7 Å². The number of hydrogen-bond acceptors (Lipinski definition) is 3. The van der Waals surface area contributed by atoms with Crippen molar-refractivity contribution in [2.45, 2.75) is 17.2 Å². The van der Waals surface area contributed by atoms with Crippen LogP contribution in [0.4, 0.5) is 4.39 Å². The molecule has 0 fully saturated rings. The van der Waals surface area contributed by atoms with Crippen molar-refractivity contribution < 1.29 is 4.39 Å². The summed E-state index contributed by atoms with van der Waals surface area (Å²) in [5.41, 5.74) is 6.97. The zero-order valence-corrected chi connectivity index (χ0v) is 10.1. The van der Waals surface area contributed by atoms with E-state index in [1.807, 2.05) is 18.2 Å². The maximum Gasteiger partial charge on any atom is 0.127 e. The van der Waals surface area contributed by atoms with E-state index in [9.17, 15) is 4.39 Å². The third-order valence-corrected chi connectivity index (χ3v) is 3.46. The van der Waals surface area contributed by atoms with E-state index in [0.29, 0.717) is 17.9 Å². The van der Waals surface area contributed by atoms with Crippen LogP contribution in [-0.2, 0) is 12.3 Å². The minimum Gasteiger partial charge on any atom is -0.326 e. The van der Waals surface area contributed by atoms with E-state index in [0.717, 1.165) is 10.5 Å². The average Bonchev–Trinajstić information content (AvgIpc) is 2.38. The zero-order chi connectivity index (χ0) is 12.1. The van der Waals surface area contributed by atoms with Gasteiger partial charge in [-0.3, -0.25) is 4.98 Å². The molecule has 0 unspecified atom stereocenters. The van der Waals surface area contributed by atoms with Crippen molar-refractivity contribution in [3.63, 3.8) is 0 Å². The van der Waals surface area contributed by atoms with E-state index >= 15 is 0 Å². The molecule has 0 radical (unpaired) electrons. The largest absolute Gasteiger partial charge is 0.326 e. The molecule has 0 bridgehead atoms. The monoisotopic (exact) mass is 248 g/mol. The van der Waals surface area contributed by atoms with Crippen LogP contribution in [0.5, 0.6) is 0 Å². The molecule has 0 spiro atoms. The van der Waals surface area contributed by atoms with Gasteiger partial charge in [0.15, 0.2) is 0 Å². The molecule has 0 saturated carbocycles. The van der Waals surface area contributed by atoms with E-state index in [1.165, 1.54) is 6.07 Å². The third kappa shape index (κ3) is 3.28. The fourth-order valence-electron chi connectivity index (χ4n) is 1.43. The van der Waals surface area contributed by atoms with Crippen LogP contribution >= 0.6 is 11.8 Å². The third-order valence-electron chi connectivity index (χ3n) is 2.40.